The third-order valence-corrected chi connectivity index (χ3v) is 5.52. The molecule has 0 aromatic rings. The van der Waals surface area contributed by atoms with Crippen molar-refractivity contribution in [2.75, 3.05) is 6.54 Å². The van der Waals surface area contributed by atoms with Crippen LogP contribution in [-0.2, 0) is 4.74 Å². The summed E-state index contributed by atoms with van der Waals surface area (Å²) < 4.78 is 5.49. The summed E-state index contributed by atoms with van der Waals surface area (Å²) in [5, 5.41) is 13.0. The van der Waals surface area contributed by atoms with Gasteiger partial charge in [-0.1, -0.05) is 12.8 Å². The van der Waals surface area contributed by atoms with Crippen LogP contribution in [0.4, 0.5) is 4.79 Å². The maximum Gasteiger partial charge on any atom is 0.408 e. The summed E-state index contributed by atoms with van der Waals surface area (Å²) in [6, 6.07) is 0. The maximum absolute atomic E-state index is 12.4. The minimum Gasteiger partial charge on any atom is -0.444 e. The molecule has 0 unspecified atom stereocenters. The summed E-state index contributed by atoms with van der Waals surface area (Å²) in [4.78, 5) is 12.4. The van der Waals surface area contributed by atoms with Crippen LogP contribution in [0.3, 0.4) is 0 Å². The van der Waals surface area contributed by atoms with Crippen molar-refractivity contribution in [3.8, 4) is 0 Å². The van der Waals surface area contributed by atoms with Gasteiger partial charge in [-0.25, -0.2) is 4.79 Å². The van der Waals surface area contributed by atoms with Crippen molar-refractivity contribution >= 4 is 6.09 Å². The number of ether oxygens (including phenoxy) is 1. The zero-order valence-corrected chi connectivity index (χ0v) is 14.3. The number of nitrogens with two attached hydrogens (primary N) is 1. The van der Waals surface area contributed by atoms with Gasteiger partial charge >= 0.3 is 6.09 Å². The van der Waals surface area contributed by atoms with Gasteiger partial charge in [-0.2, -0.15) is 0 Å². The van der Waals surface area contributed by atoms with E-state index in [4.69, 9.17) is 10.5 Å². The Morgan fingerprint density at radius 1 is 1.23 bits per heavy atom. The fourth-order valence-electron chi connectivity index (χ4n) is 4.30. The Labute approximate surface area is 134 Å². The van der Waals surface area contributed by atoms with Gasteiger partial charge in [0.2, 0.25) is 0 Å². The number of hydrogen-bond donors (Lipinski definition) is 3. The van der Waals surface area contributed by atoms with Crippen LogP contribution in [0, 0.1) is 5.41 Å². The molecule has 0 radical (unpaired) electrons. The lowest BCUT2D eigenvalue weighted by atomic mass is 9.60. The van der Waals surface area contributed by atoms with Crippen LogP contribution in [0.2, 0.25) is 0 Å². The van der Waals surface area contributed by atoms with Crippen LogP contribution in [0.5, 0.6) is 0 Å². The lowest BCUT2D eigenvalue weighted by Gasteiger charge is -2.51. The lowest BCUT2D eigenvalue weighted by molar-refractivity contribution is -0.00985. The molecular weight excluding hydrogens is 280 g/mol. The number of carbonyl (C=O) groups is 1. The summed E-state index contributed by atoms with van der Waals surface area (Å²) in [5.74, 6) is 0. The molecule has 4 N–H and O–H groups in total. The highest BCUT2D eigenvalue weighted by molar-refractivity contribution is 5.69. The topological polar surface area (TPSA) is 84.6 Å². The van der Waals surface area contributed by atoms with Crippen molar-refractivity contribution in [3.63, 3.8) is 0 Å². The number of rotatable bonds is 3. The average molecular weight is 312 g/mol. The van der Waals surface area contributed by atoms with Crippen LogP contribution < -0.4 is 11.1 Å². The van der Waals surface area contributed by atoms with Crippen LogP contribution in [0.25, 0.3) is 0 Å². The monoisotopic (exact) mass is 312 g/mol. The third kappa shape index (κ3) is 3.57. The van der Waals surface area contributed by atoms with Gasteiger partial charge in [0.25, 0.3) is 0 Å². The zero-order chi connectivity index (χ0) is 16.4. The molecule has 128 valence electrons. The number of aliphatic hydroxyl groups is 1. The first-order valence-electron chi connectivity index (χ1n) is 8.61. The van der Waals surface area contributed by atoms with Crippen molar-refractivity contribution in [1.29, 1.82) is 0 Å². The standard InChI is InChI=1S/C17H32N2O3/c1-15(2,3)22-14(21)19-17(8-4-5-9-17)16(12-18)10-6-13(20)7-11-16/h13,20H,4-12,18H2,1-3H3,(H,19,21). The van der Waals surface area contributed by atoms with Crippen molar-refractivity contribution < 1.29 is 14.6 Å². The highest BCUT2D eigenvalue weighted by Gasteiger charge is 2.54. The SMILES string of the molecule is CC(C)(C)OC(=O)NC1(C2(CN)CCC(O)CC2)CCCC1. The van der Waals surface area contributed by atoms with Gasteiger partial charge in [0, 0.05) is 12.0 Å². The number of carbonyl (C=O) groups excluding carboxylic acids is 1. The molecular formula is C17H32N2O3. The van der Waals surface area contributed by atoms with Crippen LogP contribution >= 0.6 is 0 Å². The summed E-state index contributed by atoms with van der Waals surface area (Å²) in [6.07, 6.45) is 6.87. The van der Waals surface area contributed by atoms with Crippen LogP contribution in [0.15, 0.2) is 0 Å². The normalized spacial score (nSPS) is 31.8. The molecule has 2 fully saturated rings. The summed E-state index contributed by atoms with van der Waals surface area (Å²) in [6.45, 7) is 6.19. The first-order valence-corrected chi connectivity index (χ1v) is 8.61. The molecule has 0 aromatic heterocycles. The Bertz CT molecular complexity index is 389. The van der Waals surface area contributed by atoms with E-state index in [-0.39, 0.29) is 23.2 Å². The average Bonchev–Trinajstić information content (AvgIpc) is 2.87. The van der Waals surface area contributed by atoms with Gasteiger partial charge in [0.05, 0.1) is 11.6 Å². The van der Waals surface area contributed by atoms with Crippen molar-refractivity contribution in [1.82, 2.24) is 5.32 Å². The van der Waals surface area contributed by atoms with Crippen LogP contribution in [-0.4, -0.2) is 35.0 Å². The predicted molar refractivity (Wildman–Crippen MR) is 86.5 cm³/mol. The molecule has 0 bridgehead atoms. The van der Waals surface area contributed by atoms with Crippen molar-refractivity contribution in [3.05, 3.63) is 0 Å². The number of nitrogens with one attached hydrogen (secondary N) is 1. The molecule has 0 aromatic carbocycles. The Kier molecular flexibility index (Phi) is 5.07. The van der Waals surface area contributed by atoms with Crippen molar-refractivity contribution in [2.24, 2.45) is 11.1 Å². The fraction of sp³-hybridized carbons (Fsp3) is 0.941. The van der Waals surface area contributed by atoms with Gasteiger partial charge < -0.3 is 20.9 Å². The van der Waals surface area contributed by atoms with Crippen molar-refractivity contribution in [2.45, 2.75) is 89.4 Å². The molecule has 0 atom stereocenters. The Balaban J connectivity index is 2.18. The first kappa shape index (κ1) is 17.5. The number of amides is 1. The van der Waals surface area contributed by atoms with E-state index in [1.807, 2.05) is 20.8 Å². The Hall–Kier alpha value is -0.810. The molecule has 0 spiro atoms. The second-order valence-electron chi connectivity index (χ2n) is 8.13. The molecule has 2 aliphatic rings. The van der Waals surface area contributed by atoms with E-state index in [0.717, 1.165) is 51.4 Å². The molecule has 2 rings (SSSR count). The van der Waals surface area contributed by atoms with Gasteiger partial charge in [-0.15, -0.1) is 0 Å². The van der Waals surface area contributed by atoms with Gasteiger partial charge in [-0.3, -0.25) is 0 Å². The van der Waals surface area contributed by atoms with E-state index < -0.39 is 5.60 Å². The molecule has 1 amide bonds. The Morgan fingerprint density at radius 2 is 1.77 bits per heavy atom. The fourth-order valence-corrected chi connectivity index (χ4v) is 4.30. The maximum atomic E-state index is 12.4. The molecule has 2 saturated carbocycles. The number of aliphatic hydroxyl groups excluding tert-OH is 1. The quantitative estimate of drug-likeness (QED) is 0.748. The molecule has 22 heavy (non-hydrogen) atoms. The summed E-state index contributed by atoms with van der Waals surface area (Å²) >= 11 is 0. The molecule has 5 nitrogen and oxygen atoms in total. The minimum absolute atomic E-state index is 0.111. The zero-order valence-electron chi connectivity index (χ0n) is 14.3. The first-order chi connectivity index (χ1) is 10.2. The summed E-state index contributed by atoms with van der Waals surface area (Å²) in [5.41, 5.74) is 5.30. The van der Waals surface area contributed by atoms with Gasteiger partial charge in [0.15, 0.2) is 0 Å². The highest BCUT2D eigenvalue weighted by Crippen LogP contribution is 2.51. The molecule has 2 aliphatic carbocycles. The van der Waals surface area contributed by atoms with Crippen LogP contribution in [0.1, 0.15) is 72.1 Å². The van der Waals surface area contributed by atoms with E-state index in [2.05, 4.69) is 5.32 Å². The van der Waals surface area contributed by atoms with Gasteiger partial charge in [0.1, 0.15) is 5.60 Å². The summed E-state index contributed by atoms with van der Waals surface area (Å²) in [7, 11) is 0. The van der Waals surface area contributed by atoms with E-state index in [0.29, 0.717) is 6.54 Å². The largest absolute Gasteiger partial charge is 0.444 e. The predicted octanol–water partition coefficient (Wildman–Crippen LogP) is 2.70. The number of hydrogen-bond acceptors (Lipinski definition) is 4. The molecule has 0 heterocycles. The van der Waals surface area contributed by atoms with E-state index >= 15 is 0 Å². The van der Waals surface area contributed by atoms with E-state index in [9.17, 15) is 9.90 Å². The molecule has 0 saturated heterocycles. The second kappa shape index (κ2) is 6.36. The molecule has 5 heteroatoms. The van der Waals surface area contributed by atoms with E-state index in [1.165, 1.54) is 0 Å². The lowest BCUT2D eigenvalue weighted by Crippen LogP contribution is -2.63. The van der Waals surface area contributed by atoms with Gasteiger partial charge in [-0.05, 0) is 59.3 Å². The minimum atomic E-state index is -0.498. The molecule has 0 aliphatic heterocycles. The van der Waals surface area contributed by atoms with E-state index in [1.54, 1.807) is 0 Å². The highest BCUT2D eigenvalue weighted by atomic mass is 16.6. The second-order valence-corrected chi connectivity index (χ2v) is 8.13. The number of alkyl carbamates (subject to hydrolysis) is 1. The Morgan fingerprint density at radius 3 is 2.23 bits per heavy atom. The smallest absolute Gasteiger partial charge is 0.408 e. The third-order valence-electron chi connectivity index (χ3n) is 5.52.